The third-order valence-electron chi connectivity index (χ3n) is 4.29. The van der Waals surface area contributed by atoms with Gasteiger partial charge in [-0.2, -0.15) is 0 Å². The zero-order valence-electron chi connectivity index (χ0n) is 17.4. The third-order valence-corrected chi connectivity index (χ3v) is 6.83. The summed E-state index contributed by atoms with van der Waals surface area (Å²) >= 11 is 15.2. The van der Waals surface area contributed by atoms with Gasteiger partial charge in [-0.25, -0.2) is 0 Å². The van der Waals surface area contributed by atoms with Crippen LogP contribution in [0.5, 0.6) is 5.75 Å². The highest BCUT2D eigenvalue weighted by Gasteiger charge is 2.14. The number of amides is 1. The van der Waals surface area contributed by atoms with Crippen LogP contribution in [0, 0.1) is 0 Å². The Balaban J connectivity index is 1.57. The van der Waals surface area contributed by atoms with Gasteiger partial charge in [0.1, 0.15) is 11.6 Å². The van der Waals surface area contributed by atoms with Crippen molar-refractivity contribution in [2.75, 3.05) is 18.2 Å². The summed E-state index contributed by atoms with van der Waals surface area (Å²) in [6, 6.07) is 12.7. The second kappa shape index (κ2) is 12.2. The van der Waals surface area contributed by atoms with Crippen molar-refractivity contribution in [1.29, 1.82) is 0 Å². The van der Waals surface area contributed by atoms with E-state index in [9.17, 15) is 4.79 Å². The number of halogens is 2. The van der Waals surface area contributed by atoms with E-state index in [1.807, 2.05) is 34.9 Å². The summed E-state index contributed by atoms with van der Waals surface area (Å²) in [7, 11) is 1.59. The van der Waals surface area contributed by atoms with Gasteiger partial charge in [0.15, 0.2) is 5.16 Å². The van der Waals surface area contributed by atoms with E-state index in [-0.39, 0.29) is 11.7 Å². The molecule has 0 atom stereocenters. The van der Waals surface area contributed by atoms with Crippen LogP contribution in [0.1, 0.15) is 11.4 Å². The number of rotatable bonds is 11. The SMILES string of the molecule is C=CCn1c(CSCc2ccc(Cl)cc2Cl)nnc1SCC(=O)Nc1cccc(OC)c1. The minimum Gasteiger partial charge on any atom is -0.497 e. The molecule has 0 saturated heterocycles. The van der Waals surface area contributed by atoms with Crippen LogP contribution in [-0.4, -0.2) is 33.5 Å². The first-order valence-corrected chi connectivity index (χ1v) is 12.5. The molecule has 0 spiro atoms. The zero-order chi connectivity index (χ0) is 22.9. The summed E-state index contributed by atoms with van der Waals surface area (Å²) in [6.07, 6.45) is 1.79. The van der Waals surface area contributed by atoms with Crippen molar-refractivity contribution >= 4 is 58.3 Å². The average molecular weight is 509 g/mol. The summed E-state index contributed by atoms with van der Waals surface area (Å²) in [4.78, 5) is 12.4. The Morgan fingerprint density at radius 1 is 1.22 bits per heavy atom. The maximum absolute atomic E-state index is 12.4. The van der Waals surface area contributed by atoms with E-state index in [0.717, 1.165) is 17.1 Å². The molecular weight excluding hydrogens is 487 g/mol. The molecule has 1 N–H and O–H groups in total. The van der Waals surface area contributed by atoms with Gasteiger partial charge in [-0.1, -0.05) is 53.2 Å². The molecule has 168 valence electrons. The molecule has 3 aromatic rings. The molecule has 1 aromatic heterocycles. The number of nitrogens with zero attached hydrogens (tertiary/aromatic N) is 3. The highest BCUT2D eigenvalue weighted by molar-refractivity contribution is 7.99. The maximum Gasteiger partial charge on any atom is 0.234 e. The quantitative estimate of drug-likeness (QED) is 0.255. The summed E-state index contributed by atoms with van der Waals surface area (Å²) < 4.78 is 7.15. The van der Waals surface area contributed by atoms with Gasteiger partial charge in [-0.3, -0.25) is 4.79 Å². The first-order valence-electron chi connectivity index (χ1n) is 9.61. The zero-order valence-corrected chi connectivity index (χ0v) is 20.5. The van der Waals surface area contributed by atoms with E-state index in [1.165, 1.54) is 11.8 Å². The van der Waals surface area contributed by atoms with E-state index in [0.29, 0.717) is 38.9 Å². The van der Waals surface area contributed by atoms with Crippen molar-refractivity contribution in [2.45, 2.75) is 23.2 Å². The summed E-state index contributed by atoms with van der Waals surface area (Å²) in [5.74, 6) is 2.95. The fraction of sp³-hybridized carbons (Fsp3) is 0.227. The number of allylic oxidation sites excluding steroid dienone is 1. The average Bonchev–Trinajstić information content (AvgIpc) is 3.15. The molecule has 1 amide bonds. The Hall–Kier alpha value is -2.13. The van der Waals surface area contributed by atoms with Crippen molar-refractivity contribution in [3.05, 3.63) is 76.6 Å². The molecular formula is C22H22Cl2N4O2S2. The number of benzene rings is 2. The molecule has 0 unspecified atom stereocenters. The van der Waals surface area contributed by atoms with E-state index >= 15 is 0 Å². The molecule has 3 rings (SSSR count). The van der Waals surface area contributed by atoms with Crippen molar-refractivity contribution < 1.29 is 9.53 Å². The summed E-state index contributed by atoms with van der Waals surface area (Å²) in [5.41, 5.74) is 1.69. The van der Waals surface area contributed by atoms with E-state index in [4.69, 9.17) is 27.9 Å². The second-order valence-corrected chi connectivity index (χ2v) is 9.37. The van der Waals surface area contributed by atoms with Crippen molar-refractivity contribution in [2.24, 2.45) is 0 Å². The Kier molecular flexibility index (Phi) is 9.35. The summed E-state index contributed by atoms with van der Waals surface area (Å²) in [6.45, 7) is 4.38. The number of hydrogen-bond donors (Lipinski definition) is 1. The molecule has 6 nitrogen and oxygen atoms in total. The number of aromatic nitrogens is 3. The number of methoxy groups -OCH3 is 1. The normalized spacial score (nSPS) is 10.7. The maximum atomic E-state index is 12.4. The van der Waals surface area contributed by atoms with E-state index in [1.54, 1.807) is 37.1 Å². The van der Waals surface area contributed by atoms with Crippen LogP contribution in [0.2, 0.25) is 10.0 Å². The number of carbonyl (C=O) groups is 1. The van der Waals surface area contributed by atoms with Crippen LogP contribution >= 0.6 is 46.7 Å². The molecule has 1 heterocycles. The first-order chi connectivity index (χ1) is 15.5. The van der Waals surface area contributed by atoms with Crippen molar-refractivity contribution in [3.8, 4) is 5.75 Å². The summed E-state index contributed by atoms with van der Waals surface area (Å²) in [5, 5.41) is 13.4. The van der Waals surface area contributed by atoms with Crippen LogP contribution in [-0.2, 0) is 22.8 Å². The Bertz CT molecular complexity index is 1090. The smallest absolute Gasteiger partial charge is 0.234 e. The molecule has 0 aliphatic carbocycles. The molecule has 0 bridgehead atoms. The fourth-order valence-electron chi connectivity index (χ4n) is 2.76. The lowest BCUT2D eigenvalue weighted by Gasteiger charge is -2.09. The largest absolute Gasteiger partial charge is 0.497 e. The molecule has 0 radical (unpaired) electrons. The van der Waals surface area contributed by atoms with Crippen LogP contribution in [0.15, 0.2) is 60.3 Å². The lowest BCUT2D eigenvalue weighted by atomic mass is 10.2. The minimum absolute atomic E-state index is 0.135. The van der Waals surface area contributed by atoms with Gasteiger partial charge in [0.25, 0.3) is 0 Å². The van der Waals surface area contributed by atoms with Crippen LogP contribution in [0.25, 0.3) is 0 Å². The number of nitrogens with one attached hydrogen (secondary N) is 1. The van der Waals surface area contributed by atoms with Gasteiger partial charge < -0.3 is 14.6 Å². The standard InChI is InChI=1S/C22H22Cl2N4O2S2/c1-3-9-28-20(13-31-12-15-7-8-16(23)10-19(15)24)26-27-22(28)32-14-21(29)25-17-5-4-6-18(11-17)30-2/h3-8,10-11H,1,9,12-14H2,2H3,(H,25,29). The van der Waals surface area contributed by atoms with Crippen molar-refractivity contribution in [3.63, 3.8) is 0 Å². The fourth-order valence-corrected chi connectivity index (χ4v) is 5.06. The molecule has 0 saturated carbocycles. The molecule has 32 heavy (non-hydrogen) atoms. The van der Waals surface area contributed by atoms with Crippen molar-refractivity contribution in [1.82, 2.24) is 14.8 Å². The molecule has 0 aliphatic rings. The van der Waals surface area contributed by atoms with E-state index < -0.39 is 0 Å². The molecule has 2 aromatic carbocycles. The lowest BCUT2D eigenvalue weighted by molar-refractivity contribution is -0.113. The van der Waals surface area contributed by atoms with Gasteiger partial charge >= 0.3 is 0 Å². The Labute approximate surface area is 205 Å². The number of hydrogen-bond acceptors (Lipinski definition) is 6. The minimum atomic E-state index is -0.135. The van der Waals surface area contributed by atoms with Gasteiger partial charge in [0, 0.05) is 34.1 Å². The number of thioether (sulfide) groups is 2. The van der Waals surface area contributed by atoms with Crippen LogP contribution in [0.3, 0.4) is 0 Å². The predicted octanol–water partition coefficient (Wildman–Crippen LogP) is 5.94. The number of carbonyl (C=O) groups excluding carboxylic acids is 1. The lowest BCUT2D eigenvalue weighted by Crippen LogP contribution is -2.14. The van der Waals surface area contributed by atoms with Crippen LogP contribution < -0.4 is 10.1 Å². The second-order valence-electron chi connectivity index (χ2n) is 6.60. The first kappa shape index (κ1) is 24.5. The Morgan fingerprint density at radius 2 is 2.06 bits per heavy atom. The number of ether oxygens (including phenoxy) is 1. The molecule has 0 fully saturated rings. The topological polar surface area (TPSA) is 69.0 Å². The molecule has 0 aliphatic heterocycles. The van der Waals surface area contributed by atoms with Gasteiger partial charge in [0.2, 0.25) is 5.91 Å². The Morgan fingerprint density at radius 3 is 2.81 bits per heavy atom. The predicted molar refractivity (Wildman–Crippen MR) is 134 cm³/mol. The van der Waals surface area contributed by atoms with Gasteiger partial charge in [0.05, 0.1) is 18.6 Å². The molecule has 10 heteroatoms. The monoisotopic (exact) mass is 508 g/mol. The van der Waals surface area contributed by atoms with Crippen LogP contribution in [0.4, 0.5) is 5.69 Å². The highest BCUT2D eigenvalue weighted by atomic mass is 35.5. The van der Waals surface area contributed by atoms with Gasteiger partial charge in [-0.05, 0) is 29.8 Å². The highest BCUT2D eigenvalue weighted by Crippen LogP contribution is 2.27. The number of anilines is 1. The third kappa shape index (κ3) is 6.93. The van der Waals surface area contributed by atoms with Gasteiger partial charge in [-0.15, -0.1) is 28.5 Å². The van der Waals surface area contributed by atoms with E-state index in [2.05, 4.69) is 22.1 Å².